The number of hydrogen-bond donors (Lipinski definition) is 3. The highest BCUT2D eigenvalue weighted by molar-refractivity contribution is 5.99. The number of carbonyl (C=O) groups excluding carboxylic acids is 3. The summed E-state index contributed by atoms with van der Waals surface area (Å²) < 4.78 is 5.31. The largest absolute Gasteiger partial charge is 0.444 e. The summed E-state index contributed by atoms with van der Waals surface area (Å²) >= 11 is 0. The van der Waals surface area contributed by atoms with Gasteiger partial charge in [-0.15, -0.1) is 0 Å². The lowest BCUT2D eigenvalue weighted by Crippen LogP contribution is -2.53. The van der Waals surface area contributed by atoms with Crippen molar-refractivity contribution in [2.75, 3.05) is 0 Å². The van der Waals surface area contributed by atoms with E-state index in [1.807, 2.05) is 0 Å². The smallest absolute Gasteiger partial charge is 0.407 e. The maximum atomic E-state index is 12.5. The molecule has 2 atom stereocenters. The molecule has 0 spiro atoms. The summed E-state index contributed by atoms with van der Waals surface area (Å²) in [6.07, 6.45) is 3.00. The third-order valence-electron chi connectivity index (χ3n) is 4.19. The molecule has 0 radical (unpaired) electrons. The second-order valence-corrected chi connectivity index (χ2v) is 7.56. The minimum atomic E-state index is -0.582. The van der Waals surface area contributed by atoms with Crippen LogP contribution in [0.15, 0.2) is 24.3 Å². The Morgan fingerprint density at radius 3 is 2.19 bits per heavy atom. The highest BCUT2D eigenvalue weighted by Crippen LogP contribution is 2.20. The van der Waals surface area contributed by atoms with Gasteiger partial charge in [0, 0.05) is 17.2 Å². The second kappa shape index (κ2) is 8.21. The average molecular weight is 361 g/mol. The Hall–Kier alpha value is -2.57. The van der Waals surface area contributed by atoms with Crippen molar-refractivity contribution < 1.29 is 19.1 Å². The van der Waals surface area contributed by atoms with E-state index in [9.17, 15) is 14.4 Å². The minimum absolute atomic E-state index is 0.193. The van der Waals surface area contributed by atoms with Gasteiger partial charge in [-0.2, -0.15) is 0 Å². The molecule has 1 saturated carbocycles. The monoisotopic (exact) mass is 361 g/mol. The molecule has 1 aromatic rings. The van der Waals surface area contributed by atoms with Crippen LogP contribution in [0.2, 0.25) is 0 Å². The molecule has 0 aliphatic heterocycles. The van der Waals surface area contributed by atoms with Gasteiger partial charge in [-0.25, -0.2) is 4.79 Å². The Labute approximate surface area is 153 Å². The van der Waals surface area contributed by atoms with Crippen LogP contribution in [0.5, 0.6) is 0 Å². The van der Waals surface area contributed by atoms with Crippen LogP contribution < -0.4 is 16.4 Å². The lowest BCUT2D eigenvalue weighted by atomic mass is 9.90. The van der Waals surface area contributed by atoms with Crippen molar-refractivity contribution in [3.8, 4) is 0 Å². The summed E-state index contributed by atoms with van der Waals surface area (Å²) in [4.78, 5) is 35.9. The van der Waals surface area contributed by atoms with E-state index in [0.717, 1.165) is 25.7 Å². The van der Waals surface area contributed by atoms with E-state index in [-0.39, 0.29) is 23.6 Å². The first-order valence-corrected chi connectivity index (χ1v) is 8.86. The molecule has 1 fully saturated rings. The lowest BCUT2D eigenvalue weighted by Gasteiger charge is -2.33. The fourth-order valence-electron chi connectivity index (χ4n) is 3.00. The summed E-state index contributed by atoms with van der Waals surface area (Å²) in [6, 6.07) is 5.89. The molecule has 0 saturated heterocycles. The number of amides is 3. The standard InChI is InChI=1S/C19H27N3O4/c1-19(2,3)26-18(25)22-15-10-5-4-9-14(15)21-17(24)13-8-6-7-12(11-13)16(20)23/h6-8,11,14-15H,4-5,9-10H2,1-3H3,(H2,20,23)(H,21,24)(H,22,25). The highest BCUT2D eigenvalue weighted by Gasteiger charge is 2.29. The molecule has 1 aliphatic carbocycles. The van der Waals surface area contributed by atoms with E-state index in [2.05, 4.69) is 10.6 Å². The first-order valence-electron chi connectivity index (χ1n) is 8.86. The molecular formula is C19H27N3O4. The van der Waals surface area contributed by atoms with E-state index in [1.54, 1.807) is 39.0 Å². The Bertz CT molecular complexity index is 682. The van der Waals surface area contributed by atoms with Gasteiger partial charge in [-0.3, -0.25) is 9.59 Å². The van der Waals surface area contributed by atoms with Crippen LogP contribution in [-0.2, 0) is 4.74 Å². The molecule has 1 aromatic carbocycles. The van der Waals surface area contributed by atoms with Crippen LogP contribution in [0, 0.1) is 0 Å². The second-order valence-electron chi connectivity index (χ2n) is 7.56. The fourth-order valence-corrected chi connectivity index (χ4v) is 3.00. The van der Waals surface area contributed by atoms with E-state index >= 15 is 0 Å². The number of rotatable bonds is 4. The average Bonchev–Trinajstić information content (AvgIpc) is 2.55. The van der Waals surface area contributed by atoms with Gasteiger partial charge in [0.1, 0.15) is 5.60 Å². The summed E-state index contributed by atoms with van der Waals surface area (Å²) in [6.45, 7) is 5.41. The van der Waals surface area contributed by atoms with Crippen molar-refractivity contribution in [3.05, 3.63) is 35.4 Å². The van der Waals surface area contributed by atoms with E-state index < -0.39 is 17.6 Å². The predicted molar refractivity (Wildman–Crippen MR) is 97.8 cm³/mol. The number of alkyl carbamates (subject to hydrolysis) is 1. The maximum Gasteiger partial charge on any atom is 0.407 e. The van der Waals surface area contributed by atoms with Gasteiger partial charge >= 0.3 is 6.09 Å². The molecule has 7 nitrogen and oxygen atoms in total. The van der Waals surface area contributed by atoms with Crippen molar-refractivity contribution in [1.29, 1.82) is 0 Å². The van der Waals surface area contributed by atoms with Gasteiger partial charge in [-0.05, 0) is 51.8 Å². The molecule has 1 aliphatic rings. The third-order valence-corrected chi connectivity index (χ3v) is 4.19. The zero-order valence-electron chi connectivity index (χ0n) is 15.5. The Morgan fingerprint density at radius 1 is 1.04 bits per heavy atom. The van der Waals surface area contributed by atoms with E-state index in [1.165, 1.54) is 6.07 Å². The molecule has 2 unspecified atom stereocenters. The molecule has 0 bridgehead atoms. The first-order chi connectivity index (χ1) is 12.2. The molecule has 4 N–H and O–H groups in total. The van der Waals surface area contributed by atoms with Crippen LogP contribution in [0.25, 0.3) is 0 Å². The van der Waals surface area contributed by atoms with E-state index in [0.29, 0.717) is 5.56 Å². The number of hydrogen-bond acceptors (Lipinski definition) is 4. The molecule has 26 heavy (non-hydrogen) atoms. The summed E-state index contributed by atoms with van der Waals surface area (Å²) in [7, 11) is 0. The molecule has 142 valence electrons. The predicted octanol–water partition coefficient (Wildman–Crippen LogP) is 2.35. The molecule has 3 amide bonds. The number of carbonyl (C=O) groups is 3. The Kier molecular flexibility index (Phi) is 6.23. The van der Waals surface area contributed by atoms with Crippen molar-refractivity contribution >= 4 is 17.9 Å². The SMILES string of the molecule is CC(C)(C)OC(=O)NC1CCCCC1NC(=O)c1cccc(C(N)=O)c1. The van der Waals surface area contributed by atoms with Gasteiger partial charge in [-0.1, -0.05) is 18.9 Å². The zero-order valence-corrected chi connectivity index (χ0v) is 15.5. The quantitative estimate of drug-likeness (QED) is 0.764. The van der Waals surface area contributed by atoms with Crippen molar-refractivity contribution in [2.24, 2.45) is 5.73 Å². The highest BCUT2D eigenvalue weighted by atomic mass is 16.6. The molecular weight excluding hydrogens is 334 g/mol. The maximum absolute atomic E-state index is 12.5. The molecule has 0 aromatic heterocycles. The molecule has 0 heterocycles. The fraction of sp³-hybridized carbons (Fsp3) is 0.526. The number of nitrogens with two attached hydrogens (primary N) is 1. The topological polar surface area (TPSA) is 111 Å². The first kappa shape index (κ1) is 19.8. The Morgan fingerprint density at radius 2 is 1.62 bits per heavy atom. The van der Waals surface area contributed by atoms with Gasteiger partial charge < -0.3 is 21.1 Å². The molecule has 2 rings (SSSR count). The van der Waals surface area contributed by atoms with Crippen LogP contribution in [0.4, 0.5) is 4.79 Å². The van der Waals surface area contributed by atoms with Gasteiger partial charge in [0.2, 0.25) is 5.91 Å². The summed E-state index contributed by atoms with van der Waals surface area (Å²) in [5.74, 6) is -0.877. The third kappa shape index (κ3) is 5.75. The van der Waals surface area contributed by atoms with E-state index in [4.69, 9.17) is 10.5 Å². The number of nitrogens with one attached hydrogen (secondary N) is 2. The van der Waals surface area contributed by atoms with Gasteiger partial charge in [0.15, 0.2) is 0 Å². The van der Waals surface area contributed by atoms with Gasteiger partial charge in [0.25, 0.3) is 5.91 Å². The van der Waals surface area contributed by atoms with Crippen LogP contribution in [0.1, 0.15) is 67.2 Å². The number of ether oxygens (including phenoxy) is 1. The number of primary amides is 1. The summed E-state index contributed by atoms with van der Waals surface area (Å²) in [5.41, 5.74) is 5.33. The van der Waals surface area contributed by atoms with Crippen molar-refractivity contribution in [3.63, 3.8) is 0 Å². The van der Waals surface area contributed by atoms with Crippen LogP contribution in [-0.4, -0.2) is 35.6 Å². The minimum Gasteiger partial charge on any atom is -0.444 e. The van der Waals surface area contributed by atoms with Gasteiger partial charge in [0.05, 0.1) is 6.04 Å². The molecule has 7 heteroatoms. The zero-order chi connectivity index (χ0) is 19.3. The normalized spacial score (nSPS) is 20.1. The lowest BCUT2D eigenvalue weighted by molar-refractivity contribution is 0.0474. The summed E-state index contributed by atoms with van der Waals surface area (Å²) in [5, 5.41) is 5.82. The number of benzene rings is 1. The Balaban J connectivity index is 2.03. The van der Waals surface area contributed by atoms with Crippen LogP contribution in [0.3, 0.4) is 0 Å². The van der Waals surface area contributed by atoms with Crippen molar-refractivity contribution in [2.45, 2.75) is 64.1 Å². The van der Waals surface area contributed by atoms with Crippen molar-refractivity contribution in [1.82, 2.24) is 10.6 Å². The van der Waals surface area contributed by atoms with Crippen LogP contribution >= 0.6 is 0 Å².